The van der Waals surface area contributed by atoms with Crippen LogP contribution in [0.1, 0.15) is 33.1 Å². The molecule has 0 radical (unpaired) electrons. The topological polar surface area (TPSA) is 188 Å². The Morgan fingerprint density at radius 1 is 0.935 bits per heavy atom. The lowest BCUT2D eigenvalue weighted by molar-refractivity contribution is -0.143. The van der Waals surface area contributed by atoms with Crippen molar-refractivity contribution in [1.82, 2.24) is 16.0 Å². The molecule has 0 saturated heterocycles. The third-order valence-electron chi connectivity index (χ3n) is 4.29. The molecule has 4 atom stereocenters. The van der Waals surface area contributed by atoms with Crippen LogP contribution in [0.15, 0.2) is 0 Å². The van der Waals surface area contributed by atoms with E-state index in [2.05, 4.69) is 28.6 Å². The molecule has 11 nitrogen and oxygen atoms in total. The van der Waals surface area contributed by atoms with E-state index in [9.17, 15) is 29.1 Å². The number of nitrogens with one attached hydrogen (secondary N) is 3. The summed E-state index contributed by atoms with van der Waals surface area (Å²) in [5.74, 6) is -4.37. The third-order valence-corrected chi connectivity index (χ3v) is 5.32. The fraction of sp³-hybridized carbons (Fsp3) is 0.722. The molecule has 0 aromatic heterocycles. The van der Waals surface area contributed by atoms with Crippen LogP contribution in [-0.2, 0) is 24.0 Å². The Bertz CT molecular complexity index is 648. The average molecular weight is 481 g/mol. The Hall–Kier alpha value is -1.99. The van der Waals surface area contributed by atoms with E-state index in [1.807, 2.05) is 0 Å². The Morgan fingerprint density at radius 2 is 1.52 bits per heavy atom. The first-order valence-electron chi connectivity index (χ1n) is 9.65. The van der Waals surface area contributed by atoms with Gasteiger partial charge in [-0.25, -0.2) is 4.79 Å². The smallest absolute Gasteiger partial charge is 0.326 e. The molecular weight excluding hydrogens is 448 g/mol. The van der Waals surface area contributed by atoms with Crippen molar-refractivity contribution in [2.24, 2.45) is 11.7 Å². The normalized spacial score (nSPS) is 14.8. The Kier molecular flexibility index (Phi) is 14.0. The van der Waals surface area contributed by atoms with Gasteiger partial charge in [0.05, 0.1) is 6.04 Å². The highest BCUT2D eigenvalue weighted by molar-refractivity contribution is 7.98. The van der Waals surface area contributed by atoms with E-state index >= 15 is 0 Å². The van der Waals surface area contributed by atoms with Crippen LogP contribution in [0.5, 0.6) is 0 Å². The SMILES string of the molecule is CSCCC(NC(=O)C(CCC(=O)O)NC(=O)C(NC(=O)C(N)CS)C(C)C)C(=O)O. The van der Waals surface area contributed by atoms with Crippen LogP contribution in [0, 0.1) is 5.92 Å². The van der Waals surface area contributed by atoms with Crippen molar-refractivity contribution in [2.45, 2.75) is 57.3 Å². The summed E-state index contributed by atoms with van der Waals surface area (Å²) in [4.78, 5) is 59.8. The first kappa shape index (κ1) is 29.0. The number of hydrogen-bond donors (Lipinski definition) is 7. The van der Waals surface area contributed by atoms with Gasteiger partial charge in [0.15, 0.2) is 0 Å². The van der Waals surface area contributed by atoms with Crippen LogP contribution < -0.4 is 21.7 Å². The summed E-state index contributed by atoms with van der Waals surface area (Å²) in [5, 5.41) is 25.5. The third kappa shape index (κ3) is 11.3. The second-order valence-corrected chi connectivity index (χ2v) is 8.54. The number of thioether (sulfide) groups is 1. The summed E-state index contributed by atoms with van der Waals surface area (Å²) in [6.45, 7) is 3.35. The summed E-state index contributed by atoms with van der Waals surface area (Å²) in [6, 6.07) is -4.45. The van der Waals surface area contributed by atoms with Crippen LogP contribution in [0.2, 0.25) is 0 Å². The molecule has 4 unspecified atom stereocenters. The number of carboxylic acids is 2. The molecule has 0 heterocycles. The predicted octanol–water partition coefficient (Wildman–Crippen LogP) is -0.944. The van der Waals surface area contributed by atoms with E-state index in [-0.39, 0.29) is 24.5 Å². The lowest BCUT2D eigenvalue weighted by Gasteiger charge is -2.26. The van der Waals surface area contributed by atoms with Crippen LogP contribution >= 0.6 is 24.4 Å². The largest absolute Gasteiger partial charge is 0.481 e. The van der Waals surface area contributed by atoms with Gasteiger partial charge in [0.1, 0.15) is 18.1 Å². The molecule has 31 heavy (non-hydrogen) atoms. The number of rotatable bonds is 15. The van der Waals surface area contributed by atoms with E-state index in [0.717, 1.165) is 0 Å². The van der Waals surface area contributed by atoms with E-state index in [4.69, 9.17) is 10.8 Å². The highest BCUT2D eigenvalue weighted by Gasteiger charge is 2.31. The summed E-state index contributed by atoms with van der Waals surface area (Å²) in [6.07, 6.45) is 1.27. The lowest BCUT2D eigenvalue weighted by Crippen LogP contribution is -2.58. The van der Waals surface area contributed by atoms with Crippen LogP contribution in [-0.4, -0.2) is 81.8 Å². The maximum absolute atomic E-state index is 12.7. The van der Waals surface area contributed by atoms with Crippen molar-refractivity contribution in [3.8, 4) is 0 Å². The van der Waals surface area contributed by atoms with Crippen molar-refractivity contribution in [3.63, 3.8) is 0 Å². The summed E-state index contributed by atoms with van der Waals surface area (Å²) in [7, 11) is 0. The second kappa shape index (κ2) is 14.9. The van der Waals surface area contributed by atoms with Gasteiger partial charge in [-0.1, -0.05) is 13.8 Å². The van der Waals surface area contributed by atoms with Gasteiger partial charge in [0, 0.05) is 12.2 Å². The predicted molar refractivity (Wildman–Crippen MR) is 120 cm³/mol. The van der Waals surface area contributed by atoms with Gasteiger partial charge >= 0.3 is 11.9 Å². The summed E-state index contributed by atoms with van der Waals surface area (Å²) >= 11 is 5.34. The molecule has 3 amide bonds. The first-order chi connectivity index (χ1) is 14.4. The lowest BCUT2D eigenvalue weighted by atomic mass is 10.0. The Labute approximate surface area is 191 Å². The fourth-order valence-electron chi connectivity index (χ4n) is 2.44. The van der Waals surface area contributed by atoms with Gasteiger partial charge in [-0.05, 0) is 30.8 Å². The van der Waals surface area contributed by atoms with Crippen LogP contribution in [0.4, 0.5) is 0 Å². The number of thiol groups is 1. The standard InChI is InChI=1S/C18H32N4O7S2/c1-9(2)14(22-15(25)10(19)8-30)17(27)20-11(4-5-13(23)24)16(26)21-12(18(28)29)6-7-31-3/h9-12,14,30H,4-8,19H2,1-3H3,(H,20,27)(H,21,26)(H,22,25)(H,23,24)(H,28,29). The molecule has 13 heteroatoms. The fourth-order valence-corrected chi connectivity index (χ4v) is 3.08. The van der Waals surface area contributed by atoms with Crippen molar-refractivity contribution < 1.29 is 34.2 Å². The van der Waals surface area contributed by atoms with Crippen molar-refractivity contribution >= 4 is 54.1 Å². The van der Waals surface area contributed by atoms with Gasteiger partial charge in [-0.15, -0.1) is 0 Å². The second-order valence-electron chi connectivity index (χ2n) is 7.19. The molecule has 0 aliphatic carbocycles. The number of carbonyl (C=O) groups excluding carboxylic acids is 3. The maximum atomic E-state index is 12.7. The zero-order chi connectivity index (χ0) is 24.1. The maximum Gasteiger partial charge on any atom is 0.326 e. The number of carbonyl (C=O) groups is 5. The van der Waals surface area contributed by atoms with Crippen LogP contribution in [0.3, 0.4) is 0 Å². The van der Waals surface area contributed by atoms with E-state index in [1.54, 1.807) is 20.1 Å². The first-order valence-corrected chi connectivity index (χ1v) is 11.7. The Balaban J connectivity index is 5.43. The van der Waals surface area contributed by atoms with Gasteiger partial charge in [-0.3, -0.25) is 19.2 Å². The van der Waals surface area contributed by atoms with Gasteiger partial charge in [0.2, 0.25) is 17.7 Å². The molecule has 0 spiro atoms. The molecule has 0 aliphatic rings. The highest BCUT2D eigenvalue weighted by Crippen LogP contribution is 2.07. The molecule has 0 bridgehead atoms. The number of aliphatic carboxylic acids is 2. The van der Waals surface area contributed by atoms with E-state index in [1.165, 1.54) is 11.8 Å². The van der Waals surface area contributed by atoms with Crippen molar-refractivity contribution in [3.05, 3.63) is 0 Å². The zero-order valence-corrected chi connectivity index (χ0v) is 19.5. The molecule has 0 aliphatic heterocycles. The molecule has 178 valence electrons. The minimum Gasteiger partial charge on any atom is -0.481 e. The number of nitrogens with two attached hydrogens (primary N) is 1. The van der Waals surface area contributed by atoms with Crippen LogP contribution in [0.25, 0.3) is 0 Å². The van der Waals surface area contributed by atoms with Crippen molar-refractivity contribution in [1.29, 1.82) is 0 Å². The molecular formula is C18H32N4O7S2. The van der Waals surface area contributed by atoms with Gasteiger partial charge in [-0.2, -0.15) is 24.4 Å². The molecule has 0 rings (SSSR count). The van der Waals surface area contributed by atoms with E-state index in [0.29, 0.717) is 5.75 Å². The number of hydrogen-bond acceptors (Lipinski definition) is 8. The molecule has 0 aromatic rings. The average Bonchev–Trinajstić information content (AvgIpc) is 2.70. The minimum absolute atomic E-state index is 0.0640. The summed E-state index contributed by atoms with van der Waals surface area (Å²) < 4.78 is 0. The van der Waals surface area contributed by atoms with Gasteiger partial charge < -0.3 is 31.9 Å². The van der Waals surface area contributed by atoms with Crippen molar-refractivity contribution in [2.75, 3.05) is 17.8 Å². The quantitative estimate of drug-likeness (QED) is 0.145. The molecule has 0 saturated carbocycles. The zero-order valence-electron chi connectivity index (χ0n) is 17.8. The number of carboxylic acid groups (broad SMARTS) is 2. The molecule has 0 aromatic carbocycles. The number of amides is 3. The highest BCUT2D eigenvalue weighted by atomic mass is 32.2. The van der Waals surface area contributed by atoms with Gasteiger partial charge in [0.25, 0.3) is 0 Å². The monoisotopic (exact) mass is 480 g/mol. The molecule has 0 fully saturated rings. The Morgan fingerprint density at radius 3 is 1.97 bits per heavy atom. The van der Waals surface area contributed by atoms with E-state index < -0.39 is 60.2 Å². The molecule has 7 N–H and O–H groups in total. The summed E-state index contributed by atoms with van der Waals surface area (Å²) in [5.41, 5.74) is 5.61. The minimum atomic E-state index is -1.29.